The average Bonchev–Trinajstić information content (AvgIpc) is 2.34. The predicted molar refractivity (Wildman–Crippen MR) is 77.8 cm³/mol. The molecule has 0 aromatic heterocycles. The topological polar surface area (TPSA) is 27.7 Å². The average molecular weight is 281 g/mol. The third-order valence-corrected chi connectivity index (χ3v) is 5.65. The van der Waals surface area contributed by atoms with Gasteiger partial charge in [0.1, 0.15) is 0 Å². The fourth-order valence-corrected chi connectivity index (χ4v) is 4.65. The Morgan fingerprint density at radius 1 is 0.882 bits per heavy atom. The third kappa shape index (κ3) is 8.21. The van der Waals surface area contributed by atoms with Crippen LogP contribution in [0, 0.1) is 0 Å². The van der Waals surface area contributed by atoms with Gasteiger partial charge in [0.05, 0.1) is 0 Å². The summed E-state index contributed by atoms with van der Waals surface area (Å²) in [5.74, 6) is 0.856. The zero-order valence-electron chi connectivity index (χ0n) is 11.5. The number of hydrogen-bond acceptors (Lipinski definition) is 4. The Bertz CT molecular complexity index is 162. The van der Waals surface area contributed by atoms with Gasteiger partial charge in [-0.25, -0.2) is 0 Å². The summed E-state index contributed by atoms with van der Waals surface area (Å²) in [7, 11) is -2.42. The molecule has 0 rings (SSSR count). The van der Waals surface area contributed by atoms with E-state index in [1.165, 1.54) is 0 Å². The van der Waals surface area contributed by atoms with Gasteiger partial charge in [-0.2, -0.15) is 12.6 Å². The first-order valence-electron chi connectivity index (χ1n) is 6.77. The van der Waals surface area contributed by atoms with Gasteiger partial charge in [-0.1, -0.05) is 20.3 Å². The van der Waals surface area contributed by atoms with Crippen LogP contribution in [0.15, 0.2) is 0 Å². The Labute approximate surface area is 113 Å². The molecule has 0 heterocycles. The lowest BCUT2D eigenvalue weighted by atomic mass is 10.4. The summed E-state index contributed by atoms with van der Waals surface area (Å²) in [6.07, 6.45) is 4.19. The van der Waals surface area contributed by atoms with Crippen molar-refractivity contribution in [1.29, 1.82) is 0 Å². The van der Waals surface area contributed by atoms with Crippen molar-refractivity contribution >= 4 is 21.4 Å². The summed E-state index contributed by atoms with van der Waals surface area (Å²) in [6, 6.07) is 0.883. The minimum atomic E-state index is -2.42. The monoisotopic (exact) mass is 280 g/mol. The van der Waals surface area contributed by atoms with Gasteiger partial charge in [0.25, 0.3) is 0 Å². The Hall–Kier alpha value is 0.447. The van der Waals surface area contributed by atoms with Crippen molar-refractivity contribution in [2.24, 2.45) is 0 Å². The van der Waals surface area contributed by atoms with E-state index in [0.717, 1.165) is 50.7 Å². The van der Waals surface area contributed by atoms with Crippen LogP contribution in [0.1, 0.15) is 46.5 Å². The van der Waals surface area contributed by atoms with Gasteiger partial charge in [0.15, 0.2) is 0 Å². The highest BCUT2D eigenvalue weighted by Crippen LogP contribution is 2.19. The quantitative estimate of drug-likeness (QED) is 0.337. The Balaban J connectivity index is 4.32. The summed E-state index contributed by atoms with van der Waals surface area (Å²) in [5, 5.41) is 0. The van der Waals surface area contributed by atoms with Gasteiger partial charge < -0.3 is 13.3 Å². The molecule has 17 heavy (non-hydrogen) atoms. The van der Waals surface area contributed by atoms with Crippen LogP contribution in [-0.4, -0.2) is 34.4 Å². The second kappa shape index (κ2) is 11.5. The maximum atomic E-state index is 5.98. The molecule has 0 aromatic rings. The molecule has 3 nitrogen and oxygen atoms in total. The van der Waals surface area contributed by atoms with Crippen molar-refractivity contribution in [3.8, 4) is 0 Å². The van der Waals surface area contributed by atoms with Crippen molar-refractivity contribution in [3.05, 3.63) is 0 Å². The van der Waals surface area contributed by atoms with Crippen LogP contribution in [0.2, 0.25) is 6.04 Å². The molecule has 0 saturated carbocycles. The fraction of sp³-hybridized carbons (Fsp3) is 1.00. The normalized spacial score (nSPS) is 14.8. The van der Waals surface area contributed by atoms with Crippen molar-refractivity contribution in [2.75, 3.05) is 25.6 Å². The van der Waals surface area contributed by atoms with E-state index in [0.29, 0.717) is 6.61 Å². The van der Waals surface area contributed by atoms with Gasteiger partial charge in [-0.05, 0) is 31.9 Å². The van der Waals surface area contributed by atoms with E-state index < -0.39 is 8.80 Å². The van der Waals surface area contributed by atoms with E-state index in [1.807, 2.05) is 6.92 Å². The molecule has 0 amide bonds. The van der Waals surface area contributed by atoms with Crippen LogP contribution in [0.3, 0.4) is 0 Å². The molecule has 5 heteroatoms. The van der Waals surface area contributed by atoms with Gasteiger partial charge in [0, 0.05) is 25.9 Å². The molecule has 104 valence electrons. The first-order valence-corrected chi connectivity index (χ1v) is 9.33. The highest BCUT2D eigenvalue weighted by Gasteiger charge is 2.39. The Morgan fingerprint density at radius 2 is 1.59 bits per heavy atom. The summed E-state index contributed by atoms with van der Waals surface area (Å²) in [4.78, 5) is 0. The maximum Gasteiger partial charge on any atom is 0.500 e. The first kappa shape index (κ1) is 17.4. The number of thiol groups is 1. The smallest absolute Gasteiger partial charge is 0.374 e. The van der Waals surface area contributed by atoms with Crippen LogP contribution < -0.4 is 0 Å². The van der Waals surface area contributed by atoms with Crippen LogP contribution in [-0.2, 0) is 13.3 Å². The summed E-state index contributed by atoms with van der Waals surface area (Å²) < 4.78 is 17.7. The second-order valence-corrected chi connectivity index (χ2v) is 7.17. The number of unbranched alkanes of at least 4 members (excludes halogenated alkanes) is 1. The molecule has 0 aliphatic rings. The summed E-state index contributed by atoms with van der Waals surface area (Å²) >= 11 is 4.26. The molecule has 1 unspecified atom stereocenters. The number of hydrogen-bond donors (Lipinski definition) is 1. The molecule has 0 N–H and O–H groups in total. The van der Waals surface area contributed by atoms with Crippen molar-refractivity contribution in [2.45, 2.75) is 52.5 Å². The Kier molecular flexibility index (Phi) is 11.8. The van der Waals surface area contributed by atoms with Crippen molar-refractivity contribution in [1.82, 2.24) is 0 Å². The van der Waals surface area contributed by atoms with Crippen molar-refractivity contribution in [3.63, 3.8) is 0 Å². The van der Waals surface area contributed by atoms with Crippen LogP contribution >= 0.6 is 12.6 Å². The Morgan fingerprint density at radius 3 is 2.12 bits per heavy atom. The number of rotatable bonds is 12. The molecule has 0 aliphatic heterocycles. The van der Waals surface area contributed by atoms with Gasteiger partial charge in [0.2, 0.25) is 0 Å². The van der Waals surface area contributed by atoms with Gasteiger partial charge >= 0.3 is 8.80 Å². The highest BCUT2D eigenvalue weighted by molar-refractivity contribution is 7.80. The standard InChI is InChI=1S/C12H28O3SSi/c1-4-7-10-15-17(13-6-3,12-8-11-16)14-9-5-2/h16H,4-12H2,1-3H3. The molecule has 0 saturated heterocycles. The molecule has 0 aliphatic carbocycles. The summed E-state index contributed by atoms with van der Waals surface area (Å²) in [5.41, 5.74) is 0. The molecule has 0 radical (unpaired) electrons. The summed E-state index contributed by atoms with van der Waals surface area (Å²) in [6.45, 7) is 8.41. The largest absolute Gasteiger partial charge is 0.500 e. The van der Waals surface area contributed by atoms with Crippen LogP contribution in [0.25, 0.3) is 0 Å². The van der Waals surface area contributed by atoms with E-state index in [9.17, 15) is 0 Å². The molecule has 0 bridgehead atoms. The third-order valence-electron chi connectivity index (χ3n) is 2.35. The second-order valence-electron chi connectivity index (χ2n) is 3.99. The first-order chi connectivity index (χ1) is 8.24. The van der Waals surface area contributed by atoms with E-state index >= 15 is 0 Å². The molecular formula is C12H28O3SSi. The van der Waals surface area contributed by atoms with Crippen LogP contribution in [0.5, 0.6) is 0 Å². The van der Waals surface area contributed by atoms with Gasteiger partial charge in [-0.3, -0.25) is 0 Å². The highest BCUT2D eigenvalue weighted by atomic mass is 32.1. The van der Waals surface area contributed by atoms with E-state index in [2.05, 4.69) is 26.5 Å². The van der Waals surface area contributed by atoms with Crippen molar-refractivity contribution < 1.29 is 13.3 Å². The minimum Gasteiger partial charge on any atom is -0.374 e. The predicted octanol–water partition coefficient (Wildman–Crippen LogP) is 3.53. The molecule has 0 aromatic carbocycles. The zero-order valence-corrected chi connectivity index (χ0v) is 13.4. The lowest BCUT2D eigenvalue weighted by Gasteiger charge is -2.29. The van der Waals surface area contributed by atoms with Gasteiger partial charge in [-0.15, -0.1) is 0 Å². The van der Waals surface area contributed by atoms with E-state index in [1.54, 1.807) is 0 Å². The van der Waals surface area contributed by atoms with E-state index in [4.69, 9.17) is 13.3 Å². The fourth-order valence-electron chi connectivity index (χ4n) is 1.49. The minimum absolute atomic E-state index is 0.661. The molecule has 0 fully saturated rings. The van der Waals surface area contributed by atoms with E-state index in [-0.39, 0.29) is 0 Å². The molecular weight excluding hydrogens is 252 g/mol. The molecule has 1 atom stereocenters. The lowest BCUT2D eigenvalue weighted by Crippen LogP contribution is -2.46. The zero-order chi connectivity index (χ0) is 13.0. The SMILES string of the molecule is CCCCO[Si](CCCS)(OCC)OCCC. The van der Waals surface area contributed by atoms with Crippen LogP contribution in [0.4, 0.5) is 0 Å². The molecule has 0 spiro atoms. The lowest BCUT2D eigenvalue weighted by molar-refractivity contribution is 0.0620. The maximum absolute atomic E-state index is 5.98.